The van der Waals surface area contributed by atoms with Crippen LogP contribution in [0.5, 0.6) is 0 Å². The van der Waals surface area contributed by atoms with Crippen LogP contribution in [0.2, 0.25) is 0 Å². The zero-order valence-electron chi connectivity index (χ0n) is 10.4. The summed E-state index contributed by atoms with van der Waals surface area (Å²) in [7, 11) is 2.90. The van der Waals surface area contributed by atoms with Gasteiger partial charge < -0.3 is 25.0 Å². The van der Waals surface area contributed by atoms with E-state index in [0.717, 1.165) is 0 Å². The molecular weight excluding hydrogens is 241 g/mol. The Morgan fingerprint density at radius 1 is 1.33 bits per heavy atom. The lowest BCUT2D eigenvalue weighted by Gasteiger charge is -2.19. The molecule has 0 aliphatic rings. The maximum Gasteiger partial charge on any atom is 0.185 e. The van der Waals surface area contributed by atoms with Gasteiger partial charge in [-0.1, -0.05) is 0 Å². The maximum absolute atomic E-state index is 13.2. The van der Waals surface area contributed by atoms with Gasteiger partial charge in [-0.2, -0.15) is 0 Å². The minimum Gasteiger partial charge on any atom is -0.394 e. The lowest BCUT2D eigenvalue weighted by molar-refractivity contribution is -0.105. The second-order valence-electron chi connectivity index (χ2n) is 3.75. The van der Waals surface area contributed by atoms with Gasteiger partial charge in [0.05, 0.1) is 12.7 Å². The summed E-state index contributed by atoms with van der Waals surface area (Å²) in [5.74, 6) is -0.405. The minimum absolute atomic E-state index is 0.148. The second kappa shape index (κ2) is 7.27. The number of aliphatic hydroxyl groups excluding tert-OH is 2. The topological polar surface area (TPSA) is 71.0 Å². The van der Waals surface area contributed by atoms with Crippen LogP contribution in [0.15, 0.2) is 18.2 Å². The predicted octanol–water partition coefficient (Wildman–Crippen LogP) is 0.882. The number of hydrogen-bond donors (Lipinski definition) is 3. The molecule has 0 saturated carbocycles. The molecule has 0 bridgehead atoms. The molecule has 1 atom stereocenters. The second-order valence-corrected chi connectivity index (χ2v) is 3.75. The van der Waals surface area contributed by atoms with Crippen molar-refractivity contribution in [1.82, 2.24) is 0 Å². The van der Waals surface area contributed by atoms with Gasteiger partial charge in [0.15, 0.2) is 6.29 Å². The lowest BCUT2D eigenvalue weighted by atomic mass is 10.1. The molecule has 1 rings (SSSR count). The first-order chi connectivity index (χ1) is 8.62. The number of benzene rings is 1. The molecule has 1 unspecified atom stereocenters. The van der Waals surface area contributed by atoms with Crippen LogP contribution in [-0.4, -0.2) is 43.7 Å². The summed E-state index contributed by atoms with van der Waals surface area (Å²) in [6, 6.07) is 4.12. The Bertz CT molecular complexity index is 371. The van der Waals surface area contributed by atoms with Crippen LogP contribution in [0.1, 0.15) is 11.9 Å². The van der Waals surface area contributed by atoms with E-state index in [0.29, 0.717) is 11.3 Å². The average molecular weight is 259 g/mol. The highest BCUT2D eigenvalue weighted by atomic mass is 19.1. The van der Waals surface area contributed by atoms with E-state index < -0.39 is 18.2 Å². The molecule has 0 heterocycles. The normalized spacial score (nSPS) is 12.8. The Hall–Kier alpha value is -1.21. The van der Waals surface area contributed by atoms with Gasteiger partial charge in [0.2, 0.25) is 0 Å². The molecule has 0 radical (unpaired) electrons. The van der Waals surface area contributed by atoms with Gasteiger partial charge in [-0.05, 0) is 18.2 Å². The fourth-order valence-corrected chi connectivity index (χ4v) is 1.53. The number of anilines is 1. The largest absolute Gasteiger partial charge is 0.394 e. The quantitative estimate of drug-likeness (QED) is 0.634. The molecule has 6 heteroatoms. The van der Waals surface area contributed by atoms with Crippen LogP contribution in [0.25, 0.3) is 0 Å². The molecular formula is C12H18FNO4. The number of aliphatic hydroxyl groups is 2. The van der Waals surface area contributed by atoms with Gasteiger partial charge in [0.1, 0.15) is 5.82 Å². The Morgan fingerprint density at radius 2 is 2.00 bits per heavy atom. The fraction of sp³-hybridized carbons (Fsp3) is 0.500. The summed E-state index contributed by atoms with van der Waals surface area (Å²) in [4.78, 5) is 0. The van der Waals surface area contributed by atoms with Gasteiger partial charge in [-0.25, -0.2) is 4.39 Å². The molecule has 1 aromatic carbocycles. The summed E-state index contributed by atoms with van der Waals surface area (Å²) in [6.45, 7) is -0.198. The van der Waals surface area contributed by atoms with Crippen molar-refractivity contribution >= 4 is 5.69 Å². The molecule has 0 aromatic heterocycles. The van der Waals surface area contributed by atoms with Crippen LogP contribution < -0.4 is 5.32 Å². The van der Waals surface area contributed by atoms with Crippen molar-refractivity contribution in [2.75, 3.05) is 32.7 Å². The molecule has 1 aromatic rings. The Morgan fingerprint density at radius 3 is 2.56 bits per heavy atom. The molecule has 18 heavy (non-hydrogen) atoms. The first-order valence-corrected chi connectivity index (χ1v) is 5.50. The van der Waals surface area contributed by atoms with E-state index in [-0.39, 0.29) is 13.2 Å². The standard InChI is InChI=1S/C12H18FNO4/c1-17-12(18-2)10-5-8(13)3-4-11(10)14-6-9(16)7-15/h3-5,9,12,14-16H,6-7H2,1-2H3. The number of ether oxygens (including phenoxy) is 2. The summed E-state index contributed by atoms with van der Waals surface area (Å²) in [5.41, 5.74) is 1.07. The van der Waals surface area contributed by atoms with Gasteiger partial charge in [0, 0.05) is 32.0 Å². The smallest absolute Gasteiger partial charge is 0.185 e. The van der Waals surface area contributed by atoms with Crippen molar-refractivity contribution < 1.29 is 24.1 Å². The highest BCUT2D eigenvalue weighted by molar-refractivity contribution is 5.52. The SMILES string of the molecule is COC(OC)c1cc(F)ccc1NCC(O)CO. The molecule has 3 N–H and O–H groups in total. The Balaban J connectivity index is 2.88. The van der Waals surface area contributed by atoms with E-state index in [2.05, 4.69) is 5.32 Å². The van der Waals surface area contributed by atoms with Crippen LogP contribution in [0, 0.1) is 5.82 Å². The highest BCUT2D eigenvalue weighted by Crippen LogP contribution is 2.26. The van der Waals surface area contributed by atoms with E-state index in [1.165, 1.54) is 32.4 Å². The fourth-order valence-electron chi connectivity index (χ4n) is 1.53. The first kappa shape index (κ1) is 14.8. The van der Waals surface area contributed by atoms with Crippen LogP contribution in [0.3, 0.4) is 0 Å². The van der Waals surface area contributed by atoms with E-state index in [1.807, 2.05) is 0 Å². The van der Waals surface area contributed by atoms with Gasteiger partial charge in [-0.15, -0.1) is 0 Å². The molecule has 0 fully saturated rings. The van der Waals surface area contributed by atoms with Crippen molar-refractivity contribution in [2.45, 2.75) is 12.4 Å². The molecule has 0 amide bonds. The number of halogens is 1. The van der Waals surface area contributed by atoms with Crippen molar-refractivity contribution in [3.63, 3.8) is 0 Å². The summed E-state index contributed by atoms with van der Waals surface area (Å²) < 4.78 is 23.4. The molecule has 0 spiro atoms. The monoisotopic (exact) mass is 259 g/mol. The third-order valence-electron chi connectivity index (χ3n) is 2.43. The van der Waals surface area contributed by atoms with Crippen LogP contribution >= 0.6 is 0 Å². The number of rotatable bonds is 7. The molecule has 0 aliphatic carbocycles. The number of nitrogens with one attached hydrogen (secondary N) is 1. The molecule has 0 saturated heterocycles. The summed E-state index contributed by atoms with van der Waals surface area (Å²) in [6.07, 6.45) is -1.58. The van der Waals surface area contributed by atoms with Crippen molar-refractivity contribution in [3.8, 4) is 0 Å². The summed E-state index contributed by atoms with van der Waals surface area (Å²) in [5, 5.41) is 20.9. The maximum atomic E-state index is 13.2. The third kappa shape index (κ3) is 3.92. The minimum atomic E-state index is -0.883. The summed E-state index contributed by atoms with van der Waals surface area (Å²) >= 11 is 0. The third-order valence-corrected chi connectivity index (χ3v) is 2.43. The zero-order chi connectivity index (χ0) is 13.5. The first-order valence-electron chi connectivity index (χ1n) is 5.50. The van der Waals surface area contributed by atoms with Crippen molar-refractivity contribution in [2.24, 2.45) is 0 Å². The number of methoxy groups -OCH3 is 2. The average Bonchev–Trinajstić information content (AvgIpc) is 2.38. The van der Waals surface area contributed by atoms with Gasteiger partial charge in [0.25, 0.3) is 0 Å². The Kier molecular flexibility index (Phi) is 6.00. The van der Waals surface area contributed by atoms with Gasteiger partial charge >= 0.3 is 0 Å². The van der Waals surface area contributed by atoms with Gasteiger partial charge in [-0.3, -0.25) is 0 Å². The predicted molar refractivity (Wildman–Crippen MR) is 64.7 cm³/mol. The van der Waals surface area contributed by atoms with Crippen LogP contribution in [-0.2, 0) is 9.47 Å². The van der Waals surface area contributed by atoms with Crippen molar-refractivity contribution in [1.29, 1.82) is 0 Å². The molecule has 102 valence electrons. The van der Waals surface area contributed by atoms with E-state index in [9.17, 15) is 9.50 Å². The number of hydrogen-bond acceptors (Lipinski definition) is 5. The zero-order valence-corrected chi connectivity index (χ0v) is 10.4. The Labute approximate surface area is 105 Å². The van der Waals surface area contributed by atoms with E-state index in [1.54, 1.807) is 0 Å². The van der Waals surface area contributed by atoms with Crippen LogP contribution in [0.4, 0.5) is 10.1 Å². The van der Waals surface area contributed by atoms with Crippen molar-refractivity contribution in [3.05, 3.63) is 29.6 Å². The highest BCUT2D eigenvalue weighted by Gasteiger charge is 2.15. The lowest BCUT2D eigenvalue weighted by Crippen LogP contribution is -2.23. The van der Waals surface area contributed by atoms with E-state index in [4.69, 9.17) is 14.6 Å². The molecule has 0 aliphatic heterocycles. The van der Waals surface area contributed by atoms with E-state index >= 15 is 0 Å². The molecule has 5 nitrogen and oxygen atoms in total.